The van der Waals surface area contributed by atoms with Crippen molar-refractivity contribution >= 4 is 5.91 Å². The maximum atomic E-state index is 13.2. The Kier molecular flexibility index (Phi) is 7.59. The second-order valence-electron chi connectivity index (χ2n) is 7.44. The van der Waals surface area contributed by atoms with Crippen LogP contribution in [0.5, 0.6) is 11.6 Å². The topological polar surface area (TPSA) is 82.5 Å². The monoisotopic (exact) mass is 439 g/mol. The lowest BCUT2D eigenvalue weighted by atomic mass is 10.2. The highest BCUT2D eigenvalue weighted by molar-refractivity contribution is 5.81. The smallest absolute Gasteiger partial charge is 0.271 e. The fraction of sp³-hybridized carbons (Fsp3) is 0.292. The van der Waals surface area contributed by atoms with Gasteiger partial charge in [-0.25, -0.2) is 4.39 Å². The van der Waals surface area contributed by atoms with E-state index in [1.54, 1.807) is 0 Å². The average molecular weight is 439 g/mol. The van der Waals surface area contributed by atoms with Gasteiger partial charge in [0.05, 0.1) is 11.8 Å². The normalized spacial score (nSPS) is 11.8. The summed E-state index contributed by atoms with van der Waals surface area (Å²) in [5.74, 6) is 0.175. The number of nitrogens with one attached hydrogen (secondary N) is 1. The molecule has 0 fully saturated rings. The molecule has 7 nitrogen and oxygen atoms in total. The lowest BCUT2D eigenvalue weighted by Gasteiger charge is -2.17. The molecule has 8 heteroatoms. The predicted octanol–water partition coefficient (Wildman–Crippen LogP) is 3.63. The molecule has 0 spiro atoms. The van der Waals surface area contributed by atoms with Crippen molar-refractivity contribution < 1.29 is 18.7 Å². The molecule has 3 rings (SSSR count). The van der Waals surface area contributed by atoms with Gasteiger partial charge < -0.3 is 14.8 Å². The van der Waals surface area contributed by atoms with Gasteiger partial charge in [0.15, 0.2) is 6.10 Å². The van der Waals surface area contributed by atoms with Gasteiger partial charge in [-0.2, -0.15) is 4.68 Å². The van der Waals surface area contributed by atoms with Crippen molar-refractivity contribution in [3.05, 3.63) is 82.4 Å². The highest BCUT2D eigenvalue weighted by Gasteiger charge is 2.19. The first-order valence-corrected chi connectivity index (χ1v) is 10.4. The van der Waals surface area contributed by atoms with E-state index < -0.39 is 17.5 Å². The van der Waals surface area contributed by atoms with Crippen molar-refractivity contribution in [2.75, 3.05) is 0 Å². The molecule has 1 atom stereocenters. The molecule has 0 aliphatic rings. The number of rotatable bonds is 9. The number of hydrogen-bond acceptors (Lipinski definition) is 5. The molecule has 3 aromatic rings. The van der Waals surface area contributed by atoms with E-state index in [4.69, 9.17) is 9.47 Å². The average Bonchev–Trinajstić information content (AvgIpc) is 2.78. The minimum atomic E-state index is -0.787. The standard InChI is InChI=1S/C24H26FN3O4/c1-4-21(24(30)26-15-17-5-11-20(12-6-17)31-16(2)3)32-22-13-14-23(29)28(27-22)19-9-7-18(25)8-10-19/h5-14,16,21H,4,15H2,1-3H3,(H,26,30)/t21-/m0/s1. The van der Waals surface area contributed by atoms with E-state index in [-0.39, 0.29) is 17.9 Å². The SMILES string of the molecule is CC[C@H](Oc1ccc(=O)n(-c2ccc(F)cc2)n1)C(=O)NCc1ccc(OC(C)C)cc1. The van der Waals surface area contributed by atoms with Crippen LogP contribution in [0.25, 0.3) is 5.69 Å². The van der Waals surface area contributed by atoms with Crippen LogP contribution in [0.2, 0.25) is 0 Å². The number of nitrogens with zero attached hydrogens (tertiary/aromatic N) is 2. The van der Waals surface area contributed by atoms with Crippen LogP contribution in [-0.2, 0) is 11.3 Å². The van der Waals surface area contributed by atoms with Gasteiger partial charge in [-0.1, -0.05) is 19.1 Å². The molecule has 0 saturated carbocycles. The van der Waals surface area contributed by atoms with E-state index in [1.807, 2.05) is 45.0 Å². The Morgan fingerprint density at radius 2 is 1.72 bits per heavy atom. The van der Waals surface area contributed by atoms with Gasteiger partial charge in [0.25, 0.3) is 11.5 Å². The molecule has 1 N–H and O–H groups in total. The van der Waals surface area contributed by atoms with Gasteiger partial charge in [-0.15, -0.1) is 5.10 Å². The van der Waals surface area contributed by atoms with Gasteiger partial charge in [-0.05, 0) is 62.2 Å². The number of aromatic nitrogens is 2. The van der Waals surface area contributed by atoms with Crippen LogP contribution in [0.3, 0.4) is 0 Å². The summed E-state index contributed by atoms with van der Waals surface area (Å²) in [6, 6.07) is 15.5. The van der Waals surface area contributed by atoms with Crippen molar-refractivity contribution in [1.82, 2.24) is 15.1 Å². The summed E-state index contributed by atoms with van der Waals surface area (Å²) in [6.07, 6.45) is -0.288. The summed E-state index contributed by atoms with van der Waals surface area (Å²) in [6.45, 7) is 6.07. The summed E-state index contributed by atoms with van der Waals surface area (Å²) in [4.78, 5) is 24.8. The lowest BCUT2D eigenvalue weighted by molar-refractivity contribution is -0.128. The predicted molar refractivity (Wildman–Crippen MR) is 119 cm³/mol. The Balaban J connectivity index is 1.64. The molecule has 1 heterocycles. The van der Waals surface area contributed by atoms with Crippen molar-refractivity contribution in [2.45, 2.75) is 45.9 Å². The first-order chi connectivity index (χ1) is 15.4. The first kappa shape index (κ1) is 23.0. The van der Waals surface area contributed by atoms with Crippen molar-refractivity contribution in [3.63, 3.8) is 0 Å². The fourth-order valence-corrected chi connectivity index (χ4v) is 2.95. The second kappa shape index (κ2) is 10.6. The summed E-state index contributed by atoms with van der Waals surface area (Å²) < 4.78 is 25.6. The van der Waals surface area contributed by atoms with Crippen LogP contribution in [0.4, 0.5) is 4.39 Å². The Bertz CT molecular complexity index is 1100. The number of halogens is 1. The molecule has 0 aliphatic heterocycles. The molecule has 0 unspecified atom stereocenters. The zero-order valence-electron chi connectivity index (χ0n) is 18.2. The maximum Gasteiger partial charge on any atom is 0.271 e. The second-order valence-corrected chi connectivity index (χ2v) is 7.44. The van der Waals surface area contributed by atoms with E-state index in [0.717, 1.165) is 16.0 Å². The quantitative estimate of drug-likeness (QED) is 0.551. The van der Waals surface area contributed by atoms with E-state index in [9.17, 15) is 14.0 Å². The fourth-order valence-electron chi connectivity index (χ4n) is 2.95. The van der Waals surface area contributed by atoms with Crippen LogP contribution >= 0.6 is 0 Å². The molecule has 2 aromatic carbocycles. The number of hydrogen-bond donors (Lipinski definition) is 1. The van der Waals surface area contributed by atoms with Crippen LogP contribution < -0.4 is 20.3 Å². The van der Waals surface area contributed by atoms with Crippen LogP contribution in [0, 0.1) is 5.82 Å². The van der Waals surface area contributed by atoms with Gasteiger partial charge >= 0.3 is 0 Å². The highest BCUT2D eigenvalue weighted by Crippen LogP contribution is 2.15. The first-order valence-electron chi connectivity index (χ1n) is 10.4. The largest absolute Gasteiger partial charge is 0.491 e. The Labute approximate surface area is 185 Å². The molecule has 0 aliphatic carbocycles. The van der Waals surface area contributed by atoms with Crippen molar-refractivity contribution in [3.8, 4) is 17.3 Å². The third kappa shape index (κ3) is 6.16. The Morgan fingerprint density at radius 1 is 1.03 bits per heavy atom. The van der Waals surface area contributed by atoms with Crippen LogP contribution in [0.1, 0.15) is 32.8 Å². The Morgan fingerprint density at radius 3 is 2.34 bits per heavy atom. The molecule has 0 saturated heterocycles. The Hall–Kier alpha value is -3.68. The summed E-state index contributed by atoms with van der Waals surface area (Å²) >= 11 is 0. The number of benzene rings is 2. The van der Waals surface area contributed by atoms with E-state index in [1.165, 1.54) is 36.4 Å². The van der Waals surface area contributed by atoms with Gasteiger partial charge in [-0.3, -0.25) is 9.59 Å². The van der Waals surface area contributed by atoms with Gasteiger partial charge in [0, 0.05) is 18.7 Å². The van der Waals surface area contributed by atoms with Crippen LogP contribution in [-0.4, -0.2) is 27.9 Å². The summed E-state index contributed by atoms with van der Waals surface area (Å²) in [7, 11) is 0. The van der Waals surface area contributed by atoms with Crippen LogP contribution in [0.15, 0.2) is 65.5 Å². The number of amides is 1. The lowest BCUT2D eigenvalue weighted by Crippen LogP contribution is -2.38. The highest BCUT2D eigenvalue weighted by atomic mass is 19.1. The zero-order chi connectivity index (χ0) is 23.1. The summed E-state index contributed by atoms with van der Waals surface area (Å²) in [5, 5.41) is 7.01. The molecule has 32 heavy (non-hydrogen) atoms. The van der Waals surface area contributed by atoms with E-state index in [0.29, 0.717) is 18.7 Å². The third-order valence-corrected chi connectivity index (χ3v) is 4.54. The van der Waals surface area contributed by atoms with Crippen molar-refractivity contribution in [2.24, 2.45) is 0 Å². The van der Waals surface area contributed by atoms with E-state index in [2.05, 4.69) is 10.4 Å². The minimum absolute atomic E-state index is 0.0917. The zero-order valence-corrected chi connectivity index (χ0v) is 18.2. The molecule has 0 bridgehead atoms. The third-order valence-electron chi connectivity index (χ3n) is 4.54. The minimum Gasteiger partial charge on any atom is -0.491 e. The number of ether oxygens (including phenoxy) is 2. The molecule has 0 radical (unpaired) electrons. The van der Waals surface area contributed by atoms with E-state index >= 15 is 0 Å². The number of carbonyl (C=O) groups is 1. The summed E-state index contributed by atoms with van der Waals surface area (Å²) in [5.41, 5.74) is 0.919. The molecule has 168 valence electrons. The molecule has 1 amide bonds. The molecular formula is C24H26FN3O4. The van der Waals surface area contributed by atoms with Gasteiger partial charge in [0.2, 0.25) is 5.88 Å². The maximum absolute atomic E-state index is 13.2. The van der Waals surface area contributed by atoms with Gasteiger partial charge in [0.1, 0.15) is 11.6 Å². The molecular weight excluding hydrogens is 413 g/mol. The number of carbonyl (C=O) groups excluding carboxylic acids is 1. The molecule has 1 aromatic heterocycles. The van der Waals surface area contributed by atoms with Crippen molar-refractivity contribution in [1.29, 1.82) is 0 Å².